The van der Waals surface area contributed by atoms with Crippen molar-refractivity contribution in [2.75, 3.05) is 31.2 Å². The second-order valence-corrected chi connectivity index (χ2v) is 10.2. The van der Waals surface area contributed by atoms with Crippen LogP contribution in [0.3, 0.4) is 0 Å². The van der Waals surface area contributed by atoms with Crippen LogP contribution < -0.4 is 10.1 Å². The van der Waals surface area contributed by atoms with E-state index in [4.69, 9.17) is 4.74 Å². The fourth-order valence-corrected chi connectivity index (χ4v) is 6.25. The van der Waals surface area contributed by atoms with Gasteiger partial charge in [-0.25, -0.2) is 13.2 Å². The number of hydrogen-bond acceptors (Lipinski definition) is 6. The largest absolute Gasteiger partial charge is 0.493 e. The summed E-state index contributed by atoms with van der Waals surface area (Å²) in [6.07, 6.45) is 1.30. The number of urea groups is 1. The first-order valence-corrected chi connectivity index (χ1v) is 12.0. The van der Waals surface area contributed by atoms with Crippen molar-refractivity contribution in [3.63, 3.8) is 0 Å². The SMILES string of the molecule is CCCN(C(=O)CN1C(=O)NC2(CCOc3ccccc32)C1=O)C1CCS(=O)(=O)C1. The van der Waals surface area contributed by atoms with Gasteiger partial charge in [0.25, 0.3) is 5.91 Å². The first-order valence-electron chi connectivity index (χ1n) is 10.1. The minimum absolute atomic E-state index is 0.0498. The average Bonchev–Trinajstić information content (AvgIpc) is 3.18. The third-order valence-electron chi connectivity index (χ3n) is 5.98. The minimum atomic E-state index is -3.16. The first-order chi connectivity index (χ1) is 14.3. The normalized spacial score (nSPS) is 27.0. The number of imide groups is 1. The summed E-state index contributed by atoms with van der Waals surface area (Å²) in [5.41, 5.74) is -0.657. The fourth-order valence-electron chi connectivity index (χ4n) is 4.51. The first kappa shape index (κ1) is 20.6. The van der Waals surface area contributed by atoms with E-state index in [2.05, 4.69) is 5.32 Å². The van der Waals surface area contributed by atoms with Crippen molar-refractivity contribution in [2.24, 2.45) is 0 Å². The molecule has 0 bridgehead atoms. The molecule has 2 unspecified atom stereocenters. The van der Waals surface area contributed by atoms with Crippen LogP contribution in [0.2, 0.25) is 0 Å². The summed E-state index contributed by atoms with van der Waals surface area (Å²) in [5.74, 6) is -0.386. The molecular weight excluding hydrogens is 410 g/mol. The molecular formula is C20H25N3O6S. The molecule has 2 atom stereocenters. The number of sulfone groups is 1. The molecule has 1 aromatic carbocycles. The number of ether oxygens (including phenoxy) is 1. The van der Waals surface area contributed by atoms with Crippen LogP contribution in [-0.4, -0.2) is 73.3 Å². The van der Waals surface area contributed by atoms with E-state index >= 15 is 0 Å². The molecule has 0 aromatic heterocycles. The lowest BCUT2D eigenvalue weighted by atomic mass is 9.84. The van der Waals surface area contributed by atoms with Crippen LogP contribution in [0.5, 0.6) is 5.75 Å². The molecule has 2 saturated heterocycles. The van der Waals surface area contributed by atoms with Gasteiger partial charge in [0, 0.05) is 24.6 Å². The van der Waals surface area contributed by atoms with Gasteiger partial charge in [-0.05, 0) is 18.9 Å². The topological polar surface area (TPSA) is 113 Å². The predicted molar refractivity (Wildman–Crippen MR) is 108 cm³/mol. The standard InChI is InChI=1S/C20H25N3O6S/c1-2-9-22(14-7-11-30(27,28)13-14)17(24)12-23-18(25)20(21-19(23)26)8-10-29-16-6-4-3-5-15(16)20/h3-6,14H,2,7-13H2,1H3,(H,21,26). The van der Waals surface area contributed by atoms with Crippen molar-refractivity contribution in [2.45, 2.75) is 37.8 Å². The van der Waals surface area contributed by atoms with Gasteiger partial charge in [-0.15, -0.1) is 0 Å². The Balaban J connectivity index is 1.56. The third kappa shape index (κ3) is 3.42. The number of para-hydroxylation sites is 1. The summed E-state index contributed by atoms with van der Waals surface area (Å²) < 4.78 is 29.3. The monoisotopic (exact) mass is 435 g/mol. The van der Waals surface area contributed by atoms with Gasteiger partial charge in [0.05, 0.1) is 18.1 Å². The highest BCUT2D eigenvalue weighted by Gasteiger charge is 2.55. The lowest BCUT2D eigenvalue weighted by molar-refractivity contribution is -0.140. The smallest absolute Gasteiger partial charge is 0.325 e. The number of amides is 4. The Labute approximate surface area is 175 Å². The van der Waals surface area contributed by atoms with Crippen LogP contribution in [0.25, 0.3) is 0 Å². The summed E-state index contributed by atoms with van der Waals surface area (Å²) >= 11 is 0. The molecule has 9 nitrogen and oxygen atoms in total. The number of benzene rings is 1. The molecule has 0 radical (unpaired) electrons. The zero-order chi connectivity index (χ0) is 21.5. The second-order valence-electron chi connectivity index (χ2n) is 7.97. The number of rotatable bonds is 5. The fraction of sp³-hybridized carbons (Fsp3) is 0.550. The number of nitrogens with one attached hydrogen (secondary N) is 1. The Morgan fingerprint density at radius 1 is 1.33 bits per heavy atom. The summed E-state index contributed by atoms with van der Waals surface area (Å²) in [4.78, 5) is 41.5. The maximum atomic E-state index is 13.3. The van der Waals surface area contributed by atoms with Gasteiger partial charge < -0.3 is 15.0 Å². The zero-order valence-electron chi connectivity index (χ0n) is 16.8. The molecule has 1 aromatic rings. The maximum Gasteiger partial charge on any atom is 0.325 e. The Morgan fingerprint density at radius 2 is 2.10 bits per heavy atom. The average molecular weight is 436 g/mol. The molecule has 162 valence electrons. The van der Waals surface area contributed by atoms with Crippen molar-refractivity contribution in [1.82, 2.24) is 15.1 Å². The number of carbonyl (C=O) groups excluding carboxylic acids is 3. The Bertz CT molecular complexity index is 994. The third-order valence-corrected chi connectivity index (χ3v) is 7.73. The van der Waals surface area contributed by atoms with Gasteiger partial charge in [0.1, 0.15) is 12.3 Å². The maximum absolute atomic E-state index is 13.3. The van der Waals surface area contributed by atoms with Crippen LogP contribution in [0, 0.1) is 0 Å². The molecule has 30 heavy (non-hydrogen) atoms. The van der Waals surface area contributed by atoms with E-state index < -0.39 is 45.8 Å². The lowest BCUT2D eigenvalue weighted by Crippen LogP contribution is -2.49. The highest BCUT2D eigenvalue weighted by molar-refractivity contribution is 7.91. The molecule has 2 fully saturated rings. The molecule has 4 amide bonds. The van der Waals surface area contributed by atoms with Gasteiger partial charge in [-0.2, -0.15) is 0 Å². The van der Waals surface area contributed by atoms with Gasteiger partial charge in [-0.3, -0.25) is 14.5 Å². The number of nitrogens with zero attached hydrogens (tertiary/aromatic N) is 2. The quantitative estimate of drug-likeness (QED) is 0.679. The van der Waals surface area contributed by atoms with Gasteiger partial charge in [-0.1, -0.05) is 25.1 Å². The van der Waals surface area contributed by atoms with E-state index in [0.29, 0.717) is 30.7 Å². The van der Waals surface area contributed by atoms with Gasteiger partial charge >= 0.3 is 6.03 Å². The number of fused-ring (bicyclic) bond motifs is 2. The summed E-state index contributed by atoms with van der Waals surface area (Å²) in [6, 6.07) is 6.00. The molecule has 3 aliphatic rings. The number of carbonyl (C=O) groups is 3. The lowest BCUT2D eigenvalue weighted by Gasteiger charge is -2.33. The molecule has 3 heterocycles. The van der Waals surface area contributed by atoms with Gasteiger partial charge in [0.2, 0.25) is 5.91 Å². The van der Waals surface area contributed by atoms with E-state index in [9.17, 15) is 22.8 Å². The van der Waals surface area contributed by atoms with Crippen molar-refractivity contribution >= 4 is 27.7 Å². The predicted octanol–water partition coefficient (Wildman–Crippen LogP) is 0.642. The summed E-state index contributed by atoms with van der Waals surface area (Å²) in [6.45, 7) is 2.13. The molecule has 4 rings (SSSR count). The van der Waals surface area contributed by atoms with E-state index in [1.54, 1.807) is 24.3 Å². The molecule has 10 heteroatoms. The van der Waals surface area contributed by atoms with E-state index in [1.165, 1.54) is 4.90 Å². The summed E-state index contributed by atoms with van der Waals surface area (Å²) in [5, 5.41) is 2.78. The molecule has 0 saturated carbocycles. The highest BCUT2D eigenvalue weighted by atomic mass is 32.2. The Kier molecular flexibility index (Phi) is 5.21. The van der Waals surface area contributed by atoms with Crippen LogP contribution in [0.15, 0.2) is 24.3 Å². The van der Waals surface area contributed by atoms with Crippen LogP contribution in [-0.2, 0) is 25.0 Å². The molecule has 3 aliphatic heterocycles. The molecule has 0 aliphatic carbocycles. The van der Waals surface area contributed by atoms with Crippen LogP contribution >= 0.6 is 0 Å². The van der Waals surface area contributed by atoms with Crippen LogP contribution in [0.1, 0.15) is 31.7 Å². The van der Waals surface area contributed by atoms with Crippen LogP contribution in [0.4, 0.5) is 4.79 Å². The van der Waals surface area contributed by atoms with E-state index in [-0.39, 0.29) is 24.5 Å². The minimum Gasteiger partial charge on any atom is -0.493 e. The van der Waals surface area contributed by atoms with Crippen molar-refractivity contribution in [1.29, 1.82) is 0 Å². The molecule has 1 N–H and O–H groups in total. The van der Waals surface area contributed by atoms with Gasteiger partial charge in [0.15, 0.2) is 15.4 Å². The Hall–Kier alpha value is -2.62. The summed E-state index contributed by atoms with van der Waals surface area (Å²) in [7, 11) is -3.16. The Morgan fingerprint density at radius 3 is 2.80 bits per heavy atom. The second kappa shape index (κ2) is 7.57. The molecule has 1 spiro atoms. The van der Waals surface area contributed by atoms with Crippen molar-refractivity contribution in [3.8, 4) is 5.75 Å². The zero-order valence-corrected chi connectivity index (χ0v) is 17.6. The number of hydrogen-bond donors (Lipinski definition) is 1. The van der Waals surface area contributed by atoms with E-state index in [0.717, 1.165) is 4.90 Å². The van der Waals surface area contributed by atoms with Crippen molar-refractivity contribution < 1.29 is 27.5 Å². The van der Waals surface area contributed by atoms with Crippen molar-refractivity contribution in [3.05, 3.63) is 29.8 Å². The highest BCUT2D eigenvalue weighted by Crippen LogP contribution is 2.41. The van der Waals surface area contributed by atoms with E-state index in [1.807, 2.05) is 6.92 Å².